The lowest BCUT2D eigenvalue weighted by Gasteiger charge is -2.40. The van der Waals surface area contributed by atoms with Gasteiger partial charge in [0.1, 0.15) is 0 Å². The Labute approximate surface area is 108 Å². The lowest BCUT2D eigenvalue weighted by Crippen LogP contribution is -2.50. The summed E-state index contributed by atoms with van der Waals surface area (Å²) in [6, 6.07) is 10.5. The van der Waals surface area contributed by atoms with E-state index < -0.39 is 0 Å². The van der Waals surface area contributed by atoms with Crippen molar-refractivity contribution in [1.29, 1.82) is 0 Å². The van der Waals surface area contributed by atoms with E-state index in [1.165, 1.54) is 5.56 Å². The van der Waals surface area contributed by atoms with E-state index in [4.69, 9.17) is 10.5 Å². The largest absolute Gasteiger partial charge is 0.394 e. The van der Waals surface area contributed by atoms with E-state index in [2.05, 4.69) is 17.0 Å². The third-order valence-electron chi connectivity index (χ3n) is 3.41. The Morgan fingerprint density at radius 1 is 1.39 bits per heavy atom. The maximum atomic E-state index is 9.27. The zero-order chi connectivity index (χ0) is 13.0. The molecule has 3 N–H and O–H groups in total. The summed E-state index contributed by atoms with van der Waals surface area (Å²) in [6.45, 7) is 4.26. The van der Waals surface area contributed by atoms with Gasteiger partial charge in [-0.15, -0.1) is 0 Å². The highest BCUT2D eigenvalue weighted by Crippen LogP contribution is 2.23. The van der Waals surface area contributed by atoms with Gasteiger partial charge in [0.15, 0.2) is 0 Å². The smallest absolute Gasteiger partial charge is 0.0936 e. The minimum Gasteiger partial charge on any atom is -0.394 e. The van der Waals surface area contributed by atoms with Crippen LogP contribution in [0, 0.1) is 0 Å². The molecule has 0 spiro atoms. The number of nitrogens with zero attached hydrogens (tertiary/aromatic N) is 1. The molecule has 1 aliphatic heterocycles. The van der Waals surface area contributed by atoms with Crippen molar-refractivity contribution in [1.82, 2.24) is 4.90 Å². The SMILES string of the molecule is CC1CN(C(CN)c2ccccc2)CC(CO)O1. The summed E-state index contributed by atoms with van der Waals surface area (Å²) in [5.41, 5.74) is 7.15. The minimum atomic E-state index is -0.105. The fourth-order valence-corrected chi connectivity index (χ4v) is 2.61. The maximum absolute atomic E-state index is 9.27. The summed E-state index contributed by atoms with van der Waals surface area (Å²) >= 11 is 0. The van der Waals surface area contributed by atoms with Gasteiger partial charge in [0.05, 0.1) is 18.8 Å². The molecule has 2 rings (SSSR count). The molecule has 1 aromatic rings. The number of aliphatic hydroxyl groups is 1. The van der Waals surface area contributed by atoms with Crippen molar-refractivity contribution in [2.24, 2.45) is 5.73 Å². The molecule has 0 aromatic heterocycles. The van der Waals surface area contributed by atoms with Crippen LogP contribution in [0.2, 0.25) is 0 Å². The Bertz CT molecular complexity index is 358. The summed E-state index contributed by atoms with van der Waals surface area (Å²) in [7, 11) is 0. The molecule has 0 bridgehead atoms. The Hall–Kier alpha value is -0.940. The highest BCUT2D eigenvalue weighted by molar-refractivity contribution is 5.19. The highest BCUT2D eigenvalue weighted by atomic mass is 16.5. The van der Waals surface area contributed by atoms with Crippen LogP contribution in [0.1, 0.15) is 18.5 Å². The monoisotopic (exact) mass is 250 g/mol. The normalized spacial score (nSPS) is 27.1. The number of aliphatic hydroxyl groups excluding tert-OH is 1. The first-order valence-corrected chi connectivity index (χ1v) is 6.50. The van der Waals surface area contributed by atoms with Crippen molar-refractivity contribution in [3.8, 4) is 0 Å². The van der Waals surface area contributed by atoms with Crippen LogP contribution in [0.15, 0.2) is 30.3 Å². The van der Waals surface area contributed by atoms with Gasteiger partial charge in [0, 0.05) is 25.7 Å². The van der Waals surface area contributed by atoms with Crippen molar-refractivity contribution in [2.45, 2.75) is 25.2 Å². The number of morpholine rings is 1. The molecule has 3 unspecified atom stereocenters. The molecule has 1 aliphatic rings. The lowest BCUT2D eigenvalue weighted by atomic mass is 10.0. The van der Waals surface area contributed by atoms with E-state index in [1.54, 1.807) is 0 Å². The predicted molar refractivity (Wildman–Crippen MR) is 71.2 cm³/mol. The fourth-order valence-electron chi connectivity index (χ4n) is 2.61. The molecule has 1 fully saturated rings. The zero-order valence-corrected chi connectivity index (χ0v) is 10.8. The first-order valence-electron chi connectivity index (χ1n) is 6.50. The quantitative estimate of drug-likeness (QED) is 0.828. The van der Waals surface area contributed by atoms with Gasteiger partial charge in [-0.2, -0.15) is 0 Å². The van der Waals surface area contributed by atoms with Crippen molar-refractivity contribution in [3.63, 3.8) is 0 Å². The van der Waals surface area contributed by atoms with E-state index in [0.29, 0.717) is 6.54 Å². The summed E-state index contributed by atoms with van der Waals surface area (Å²) < 4.78 is 5.66. The van der Waals surface area contributed by atoms with Crippen LogP contribution in [-0.4, -0.2) is 48.5 Å². The Balaban J connectivity index is 2.12. The van der Waals surface area contributed by atoms with E-state index in [9.17, 15) is 5.11 Å². The van der Waals surface area contributed by atoms with Crippen LogP contribution in [-0.2, 0) is 4.74 Å². The highest BCUT2D eigenvalue weighted by Gasteiger charge is 2.29. The van der Waals surface area contributed by atoms with Gasteiger partial charge in [-0.25, -0.2) is 0 Å². The van der Waals surface area contributed by atoms with Crippen LogP contribution in [0.3, 0.4) is 0 Å². The van der Waals surface area contributed by atoms with Crippen LogP contribution in [0.25, 0.3) is 0 Å². The van der Waals surface area contributed by atoms with E-state index >= 15 is 0 Å². The first kappa shape index (κ1) is 13.5. The molecule has 100 valence electrons. The second kappa shape index (κ2) is 6.29. The molecule has 0 radical (unpaired) electrons. The van der Waals surface area contributed by atoms with Gasteiger partial charge in [0.2, 0.25) is 0 Å². The first-order chi connectivity index (χ1) is 8.74. The molecule has 4 heteroatoms. The number of hydrogen-bond donors (Lipinski definition) is 2. The molecule has 0 saturated carbocycles. The fraction of sp³-hybridized carbons (Fsp3) is 0.571. The summed E-state index contributed by atoms with van der Waals surface area (Å²) in [6.07, 6.45) is 0.0279. The average molecular weight is 250 g/mol. The minimum absolute atomic E-state index is 0.0624. The predicted octanol–water partition coefficient (Wildman–Crippen LogP) is 0.768. The van der Waals surface area contributed by atoms with Gasteiger partial charge in [-0.1, -0.05) is 30.3 Å². The number of benzene rings is 1. The van der Waals surface area contributed by atoms with Crippen LogP contribution in [0.5, 0.6) is 0 Å². The molecule has 0 amide bonds. The number of hydrogen-bond acceptors (Lipinski definition) is 4. The summed E-state index contributed by atoms with van der Waals surface area (Å²) in [5, 5.41) is 9.27. The molecule has 18 heavy (non-hydrogen) atoms. The molecule has 1 heterocycles. The maximum Gasteiger partial charge on any atom is 0.0936 e. The Morgan fingerprint density at radius 2 is 2.11 bits per heavy atom. The second-order valence-corrected chi connectivity index (χ2v) is 4.87. The third kappa shape index (κ3) is 3.09. The van der Waals surface area contributed by atoms with Crippen LogP contribution < -0.4 is 5.73 Å². The van der Waals surface area contributed by atoms with Crippen LogP contribution in [0.4, 0.5) is 0 Å². The molecule has 1 saturated heterocycles. The molecule has 1 aromatic carbocycles. The van der Waals surface area contributed by atoms with Gasteiger partial charge >= 0.3 is 0 Å². The van der Waals surface area contributed by atoms with E-state index in [0.717, 1.165) is 13.1 Å². The number of nitrogens with two attached hydrogens (primary N) is 1. The Morgan fingerprint density at radius 3 is 2.72 bits per heavy atom. The summed E-state index contributed by atoms with van der Waals surface area (Å²) in [4.78, 5) is 2.31. The standard InChI is InChI=1S/C14H22N2O2/c1-11-8-16(9-13(10-17)18-11)14(7-15)12-5-3-2-4-6-12/h2-6,11,13-14,17H,7-10,15H2,1H3. The van der Waals surface area contributed by atoms with Crippen molar-refractivity contribution in [2.75, 3.05) is 26.2 Å². The van der Waals surface area contributed by atoms with Crippen LogP contribution >= 0.6 is 0 Å². The molecule has 0 aliphatic carbocycles. The van der Waals surface area contributed by atoms with Crippen molar-refractivity contribution < 1.29 is 9.84 Å². The average Bonchev–Trinajstić information content (AvgIpc) is 2.40. The van der Waals surface area contributed by atoms with Gasteiger partial charge in [-0.3, -0.25) is 4.90 Å². The van der Waals surface area contributed by atoms with Crippen molar-refractivity contribution >= 4 is 0 Å². The number of rotatable bonds is 4. The molecular formula is C14H22N2O2. The lowest BCUT2D eigenvalue weighted by molar-refractivity contribution is -0.105. The molecule has 4 nitrogen and oxygen atoms in total. The van der Waals surface area contributed by atoms with Gasteiger partial charge in [-0.05, 0) is 12.5 Å². The van der Waals surface area contributed by atoms with Crippen molar-refractivity contribution in [3.05, 3.63) is 35.9 Å². The molecule has 3 atom stereocenters. The van der Waals surface area contributed by atoms with E-state index in [1.807, 2.05) is 25.1 Å². The summed E-state index contributed by atoms with van der Waals surface area (Å²) in [5.74, 6) is 0. The van der Waals surface area contributed by atoms with E-state index in [-0.39, 0.29) is 24.9 Å². The zero-order valence-electron chi connectivity index (χ0n) is 10.8. The topological polar surface area (TPSA) is 58.7 Å². The molecular weight excluding hydrogens is 228 g/mol. The van der Waals surface area contributed by atoms with Gasteiger partial charge < -0.3 is 15.6 Å². The second-order valence-electron chi connectivity index (χ2n) is 4.87. The Kier molecular flexibility index (Phi) is 4.72. The third-order valence-corrected chi connectivity index (χ3v) is 3.41. The van der Waals surface area contributed by atoms with Gasteiger partial charge in [0.25, 0.3) is 0 Å². The number of ether oxygens (including phenoxy) is 1.